The number of benzene rings is 2. The number of carbonyl (C=O) groups is 1. The molecule has 0 unspecified atom stereocenters. The van der Waals surface area contributed by atoms with E-state index in [4.69, 9.17) is 4.74 Å². The molecule has 0 aliphatic heterocycles. The van der Waals surface area contributed by atoms with Crippen LogP contribution in [0.4, 0.5) is 26.3 Å². The Morgan fingerprint density at radius 1 is 1.00 bits per heavy atom. The molecule has 1 heterocycles. The van der Waals surface area contributed by atoms with Gasteiger partial charge in [-0.25, -0.2) is 4.98 Å². The summed E-state index contributed by atoms with van der Waals surface area (Å²) in [6.07, 6.45) is -6.50. The SMILES string of the molecule is CC[C@@H](COC)NC(=O)c1cncn1-c1ccc(-c2cc(C(F)(F)F)cc(C(F)(F)F)c2)cc1. The highest BCUT2D eigenvalue weighted by Crippen LogP contribution is 2.38. The Labute approximate surface area is 191 Å². The fraction of sp³-hybridized carbons (Fsp3) is 0.304. The molecule has 182 valence electrons. The van der Waals surface area contributed by atoms with Crippen LogP contribution in [0.5, 0.6) is 0 Å². The first-order chi connectivity index (χ1) is 15.9. The summed E-state index contributed by atoms with van der Waals surface area (Å²) in [5, 5.41) is 2.82. The molecule has 0 spiro atoms. The number of nitrogens with one attached hydrogen (secondary N) is 1. The zero-order chi connectivity index (χ0) is 25.1. The minimum absolute atomic E-state index is 0.0847. The van der Waals surface area contributed by atoms with E-state index >= 15 is 0 Å². The van der Waals surface area contributed by atoms with Gasteiger partial charge in [0.2, 0.25) is 0 Å². The van der Waals surface area contributed by atoms with Gasteiger partial charge in [-0.05, 0) is 47.9 Å². The summed E-state index contributed by atoms with van der Waals surface area (Å²) in [5.41, 5.74) is -2.21. The minimum Gasteiger partial charge on any atom is -0.383 e. The Morgan fingerprint density at radius 2 is 1.59 bits per heavy atom. The van der Waals surface area contributed by atoms with Gasteiger partial charge in [0.25, 0.3) is 5.91 Å². The lowest BCUT2D eigenvalue weighted by Crippen LogP contribution is -2.38. The van der Waals surface area contributed by atoms with Crippen LogP contribution < -0.4 is 5.32 Å². The van der Waals surface area contributed by atoms with E-state index in [1.807, 2.05) is 6.92 Å². The monoisotopic (exact) mass is 485 g/mol. The lowest BCUT2D eigenvalue weighted by molar-refractivity contribution is -0.143. The van der Waals surface area contributed by atoms with Gasteiger partial charge in [-0.1, -0.05) is 19.1 Å². The highest BCUT2D eigenvalue weighted by molar-refractivity contribution is 5.93. The number of hydrogen-bond acceptors (Lipinski definition) is 3. The molecule has 1 atom stereocenters. The number of ether oxygens (including phenoxy) is 1. The van der Waals surface area contributed by atoms with Crippen molar-refractivity contribution in [3.63, 3.8) is 0 Å². The zero-order valence-corrected chi connectivity index (χ0v) is 18.2. The van der Waals surface area contributed by atoms with Crippen molar-refractivity contribution >= 4 is 5.91 Å². The average Bonchev–Trinajstić information content (AvgIpc) is 3.27. The normalized spacial score (nSPS) is 13.1. The molecule has 0 fully saturated rings. The van der Waals surface area contributed by atoms with Crippen LogP contribution in [-0.2, 0) is 17.1 Å². The molecule has 1 N–H and O–H groups in total. The summed E-state index contributed by atoms with van der Waals surface area (Å²) in [6, 6.07) is 6.93. The van der Waals surface area contributed by atoms with Crippen molar-refractivity contribution in [3.05, 3.63) is 71.8 Å². The van der Waals surface area contributed by atoms with Crippen LogP contribution in [0.25, 0.3) is 16.8 Å². The summed E-state index contributed by atoms with van der Waals surface area (Å²) in [5.74, 6) is -0.404. The van der Waals surface area contributed by atoms with Crippen molar-refractivity contribution in [2.45, 2.75) is 31.7 Å². The van der Waals surface area contributed by atoms with E-state index in [2.05, 4.69) is 10.3 Å². The highest BCUT2D eigenvalue weighted by atomic mass is 19.4. The van der Waals surface area contributed by atoms with Crippen LogP contribution in [0, 0.1) is 0 Å². The molecule has 0 aliphatic rings. The first-order valence-corrected chi connectivity index (χ1v) is 10.2. The number of nitrogens with zero attached hydrogens (tertiary/aromatic N) is 2. The van der Waals surface area contributed by atoms with Gasteiger partial charge in [-0.2, -0.15) is 26.3 Å². The molecule has 0 saturated carbocycles. The molecule has 34 heavy (non-hydrogen) atoms. The molecule has 1 aromatic heterocycles. The van der Waals surface area contributed by atoms with Gasteiger partial charge in [0.05, 0.1) is 36.3 Å². The number of hydrogen-bond donors (Lipinski definition) is 1. The fourth-order valence-corrected chi connectivity index (χ4v) is 3.33. The Bertz CT molecular complexity index is 1100. The molecule has 1 amide bonds. The van der Waals surface area contributed by atoms with Crippen LogP contribution in [0.1, 0.15) is 35.0 Å². The van der Waals surface area contributed by atoms with E-state index in [1.165, 1.54) is 48.5 Å². The number of methoxy groups -OCH3 is 1. The third-order valence-corrected chi connectivity index (χ3v) is 5.13. The average molecular weight is 485 g/mol. The molecule has 5 nitrogen and oxygen atoms in total. The lowest BCUT2D eigenvalue weighted by Gasteiger charge is -2.17. The predicted molar refractivity (Wildman–Crippen MR) is 112 cm³/mol. The van der Waals surface area contributed by atoms with Crippen molar-refractivity contribution in [2.24, 2.45) is 0 Å². The van der Waals surface area contributed by atoms with E-state index in [0.717, 1.165) is 0 Å². The van der Waals surface area contributed by atoms with Crippen LogP contribution in [-0.4, -0.2) is 35.2 Å². The maximum atomic E-state index is 13.2. The van der Waals surface area contributed by atoms with Crippen molar-refractivity contribution < 1.29 is 35.9 Å². The summed E-state index contributed by atoms with van der Waals surface area (Å²) < 4.78 is 85.5. The van der Waals surface area contributed by atoms with Crippen LogP contribution in [0.3, 0.4) is 0 Å². The summed E-state index contributed by atoms with van der Waals surface area (Å²) in [7, 11) is 1.52. The van der Waals surface area contributed by atoms with Gasteiger partial charge < -0.3 is 10.1 Å². The number of amides is 1. The van der Waals surface area contributed by atoms with Crippen molar-refractivity contribution in [1.82, 2.24) is 14.9 Å². The largest absolute Gasteiger partial charge is 0.416 e. The molecular formula is C23H21F6N3O2. The number of imidazole rings is 1. The molecule has 0 aliphatic carbocycles. The second kappa shape index (κ2) is 9.88. The van der Waals surface area contributed by atoms with E-state index < -0.39 is 29.4 Å². The first kappa shape index (κ1) is 25.3. The van der Waals surface area contributed by atoms with Crippen molar-refractivity contribution in [1.29, 1.82) is 0 Å². The first-order valence-electron chi connectivity index (χ1n) is 10.2. The number of rotatable bonds is 7. The van der Waals surface area contributed by atoms with Crippen LogP contribution >= 0.6 is 0 Å². The van der Waals surface area contributed by atoms with Crippen LogP contribution in [0.2, 0.25) is 0 Å². The molecule has 0 saturated heterocycles. The number of alkyl halides is 6. The van der Waals surface area contributed by atoms with Gasteiger partial charge in [-0.15, -0.1) is 0 Å². The molecule has 11 heteroatoms. The third-order valence-electron chi connectivity index (χ3n) is 5.13. The number of aromatic nitrogens is 2. The van der Waals surface area contributed by atoms with E-state index in [1.54, 1.807) is 0 Å². The predicted octanol–water partition coefficient (Wildman–Crippen LogP) is 5.73. The van der Waals surface area contributed by atoms with Gasteiger partial charge in [-0.3, -0.25) is 9.36 Å². The Morgan fingerprint density at radius 3 is 2.09 bits per heavy atom. The molecule has 0 radical (unpaired) electrons. The second-order valence-corrected chi connectivity index (χ2v) is 7.52. The maximum absolute atomic E-state index is 13.2. The summed E-state index contributed by atoms with van der Waals surface area (Å²) >= 11 is 0. The molecule has 3 rings (SSSR count). The van der Waals surface area contributed by atoms with Gasteiger partial charge in [0.15, 0.2) is 0 Å². The zero-order valence-electron chi connectivity index (χ0n) is 18.2. The third kappa shape index (κ3) is 5.77. The lowest BCUT2D eigenvalue weighted by atomic mass is 9.99. The maximum Gasteiger partial charge on any atom is 0.416 e. The van der Waals surface area contributed by atoms with Gasteiger partial charge >= 0.3 is 12.4 Å². The molecule has 0 bridgehead atoms. The fourth-order valence-electron chi connectivity index (χ4n) is 3.33. The van der Waals surface area contributed by atoms with E-state index in [0.29, 0.717) is 30.8 Å². The highest BCUT2D eigenvalue weighted by Gasteiger charge is 2.37. The van der Waals surface area contributed by atoms with Gasteiger partial charge in [0, 0.05) is 12.8 Å². The second-order valence-electron chi connectivity index (χ2n) is 7.52. The Kier molecular flexibility index (Phi) is 7.35. The van der Waals surface area contributed by atoms with E-state index in [9.17, 15) is 31.1 Å². The summed E-state index contributed by atoms with van der Waals surface area (Å²) in [6.45, 7) is 2.21. The van der Waals surface area contributed by atoms with Gasteiger partial charge in [0.1, 0.15) is 5.69 Å². The van der Waals surface area contributed by atoms with Crippen molar-refractivity contribution in [2.75, 3.05) is 13.7 Å². The Hall–Kier alpha value is -3.34. The molecule has 3 aromatic rings. The Balaban J connectivity index is 1.93. The van der Waals surface area contributed by atoms with Crippen LogP contribution in [0.15, 0.2) is 55.0 Å². The molecular weight excluding hydrogens is 464 g/mol. The standard InChI is InChI=1S/C23H21F6N3O2/c1-3-18(12-34-2)31-21(33)20-11-30-13-32(20)19-6-4-14(5-7-19)15-8-16(22(24,25)26)10-17(9-15)23(27,28)29/h4-11,13,18H,3,12H2,1-2H3,(H,31,33)/t18-/m0/s1. The van der Waals surface area contributed by atoms with E-state index in [-0.39, 0.29) is 28.9 Å². The minimum atomic E-state index is -4.94. The smallest absolute Gasteiger partial charge is 0.383 e. The quantitative estimate of drug-likeness (QED) is 0.435. The van der Waals surface area contributed by atoms with Crippen molar-refractivity contribution in [3.8, 4) is 16.8 Å². The molecule has 2 aromatic carbocycles. The topological polar surface area (TPSA) is 56.1 Å². The number of halogens is 6. The number of carbonyl (C=O) groups excluding carboxylic acids is 1. The summed E-state index contributed by atoms with van der Waals surface area (Å²) in [4.78, 5) is 16.6.